The van der Waals surface area contributed by atoms with Crippen LogP contribution in [0.3, 0.4) is 0 Å². The molecule has 1 aliphatic carbocycles. The van der Waals surface area contributed by atoms with Crippen LogP contribution < -0.4 is 10.3 Å². The first-order chi connectivity index (χ1) is 10.7. The lowest BCUT2D eigenvalue weighted by molar-refractivity contribution is -0.147. The molecule has 0 atom stereocenters. The number of ether oxygens (including phenoxy) is 2. The number of methoxy groups -OCH3 is 1. The maximum atomic E-state index is 12.6. The average Bonchev–Trinajstić information content (AvgIpc) is 2.37. The number of nitrogens with zero attached hydrogens (tertiary/aromatic N) is 1. The third-order valence-corrected chi connectivity index (χ3v) is 4.22. The Morgan fingerprint density at radius 2 is 2.04 bits per heavy atom. The normalized spacial score (nSPS) is 16.0. The van der Waals surface area contributed by atoms with Crippen molar-refractivity contribution in [1.29, 1.82) is 0 Å². The number of carbonyl (C=O) groups excluding carboxylic acids is 1. The van der Waals surface area contributed by atoms with Gasteiger partial charge >= 0.3 is 5.97 Å². The molecule has 0 bridgehead atoms. The Kier molecular flexibility index (Phi) is 5.34. The molecule has 1 heterocycles. The number of rotatable bonds is 4. The summed E-state index contributed by atoms with van der Waals surface area (Å²) < 4.78 is 12.5. The van der Waals surface area contributed by atoms with Crippen LogP contribution >= 0.6 is 15.9 Å². The molecule has 0 N–H and O–H groups in total. The predicted octanol–water partition coefficient (Wildman–Crippen LogP) is 3.60. The van der Waals surface area contributed by atoms with Crippen LogP contribution in [0.15, 0.2) is 27.6 Å². The van der Waals surface area contributed by atoms with Gasteiger partial charge in [0.1, 0.15) is 17.0 Å². The first-order valence-corrected chi connectivity index (χ1v) is 8.42. The third-order valence-electron chi connectivity index (χ3n) is 3.60. The van der Waals surface area contributed by atoms with Gasteiger partial charge in [0.2, 0.25) is 0 Å². The second kappa shape index (κ2) is 6.91. The molecular formula is C17H22BrNO4. The minimum absolute atomic E-state index is 0.250. The molecule has 0 saturated heterocycles. The van der Waals surface area contributed by atoms with Crippen LogP contribution in [0.2, 0.25) is 0 Å². The highest BCUT2D eigenvalue weighted by Crippen LogP contribution is 2.31. The summed E-state index contributed by atoms with van der Waals surface area (Å²) in [4.78, 5) is 24.9. The first-order valence-electron chi connectivity index (χ1n) is 7.63. The molecule has 0 radical (unpaired) electrons. The summed E-state index contributed by atoms with van der Waals surface area (Å²) in [6.45, 7) is 5.41. The SMILES string of the molecule is COc1cn(/C(=C/C2CCC2)C(=O)OC(C)(C)C)c(=O)cc1Br. The van der Waals surface area contributed by atoms with Gasteiger partial charge in [-0.15, -0.1) is 0 Å². The first kappa shape index (κ1) is 17.8. The van der Waals surface area contributed by atoms with E-state index in [4.69, 9.17) is 9.47 Å². The Hall–Kier alpha value is -1.56. The van der Waals surface area contributed by atoms with Crippen molar-refractivity contribution in [1.82, 2.24) is 4.57 Å². The summed E-state index contributed by atoms with van der Waals surface area (Å²) in [6.07, 6.45) is 6.54. The predicted molar refractivity (Wildman–Crippen MR) is 92.4 cm³/mol. The second-order valence-electron chi connectivity index (χ2n) is 6.64. The minimum Gasteiger partial charge on any atom is -0.494 e. The van der Waals surface area contributed by atoms with Crippen LogP contribution in [-0.2, 0) is 9.53 Å². The molecule has 0 unspecified atom stereocenters. The van der Waals surface area contributed by atoms with Gasteiger partial charge in [-0.25, -0.2) is 4.79 Å². The highest BCUT2D eigenvalue weighted by molar-refractivity contribution is 9.10. The standard InChI is InChI=1S/C17H22BrNO4/c1-17(2,3)23-16(21)13(8-11-6-5-7-11)19-10-14(22-4)12(18)9-15(19)20/h8-11H,5-7H2,1-4H3/b13-8+. The number of pyridine rings is 1. The smallest absolute Gasteiger partial charge is 0.355 e. The van der Waals surface area contributed by atoms with Gasteiger partial charge in [0, 0.05) is 6.07 Å². The quantitative estimate of drug-likeness (QED) is 0.588. The molecule has 23 heavy (non-hydrogen) atoms. The molecule has 0 amide bonds. The number of carbonyl (C=O) groups is 1. The zero-order chi connectivity index (χ0) is 17.2. The monoisotopic (exact) mass is 383 g/mol. The van der Waals surface area contributed by atoms with E-state index >= 15 is 0 Å². The molecule has 6 heteroatoms. The van der Waals surface area contributed by atoms with E-state index in [-0.39, 0.29) is 11.3 Å². The Morgan fingerprint density at radius 3 is 2.52 bits per heavy atom. The molecular weight excluding hydrogens is 362 g/mol. The van der Waals surface area contributed by atoms with Crippen LogP contribution in [0.5, 0.6) is 5.75 Å². The van der Waals surface area contributed by atoms with Gasteiger partial charge in [-0.2, -0.15) is 0 Å². The van der Waals surface area contributed by atoms with Gasteiger partial charge in [-0.3, -0.25) is 9.36 Å². The molecule has 0 aromatic carbocycles. The Morgan fingerprint density at radius 1 is 1.39 bits per heavy atom. The molecule has 2 rings (SSSR count). The fraction of sp³-hybridized carbons (Fsp3) is 0.529. The van der Waals surface area contributed by atoms with Crippen molar-refractivity contribution in [3.63, 3.8) is 0 Å². The maximum Gasteiger partial charge on any atom is 0.355 e. The second-order valence-corrected chi connectivity index (χ2v) is 7.50. The van der Waals surface area contributed by atoms with Gasteiger partial charge in [0.15, 0.2) is 0 Å². The fourth-order valence-corrected chi connectivity index (χ4v) is 2.70. The summed E-state index contributed by atoms with van der Waals surface area (Å²) in [5.74, 6) is 0.280. The maximum absolute atomic E-state index is 12.6. The van der Waals surface area contributed by atoms with Crippen LogP contribution in [0, 0.1) is 5.92 Å². The lowest BCUT2D eigenvalue weighted by atomic mass is 9.85. The Bertz CT molecular complexity index is 681. The lowest BCUT2D eigenvalue weighted by Crippen LogP contribution is -2.30. The number of aromatic nitrogens is 1. The largest absolute Gasteiger partial charge is 0.494 e. The molecule has 1 aromatic heterocycles. The summed E-state index contributed by atoms with van der Waals surface area (Å²) in [6, 6.07) is 1.39. The molecule has 1 fully saturated rings. The van der Waals surface area contributed by atoms with Crippen molar-refractivity contribution in [3.05, 3.63) is 33.2 Å². The molecule has 1 saturated carbocycles. The van der Waals surface area contributed by atoms with E-state index in [1.807, 2.05) is 6.08 Å². The van der Waals surface area contributed by atoms with Crippen LogP contribution in [0.4, 0.5) is 0 Å². The number of hydrogen-bond donors (Lipinski definition) is 0. The number of esters is 1. The summed E-state index contributed by atoms with van der Waals surface area (Å²) in [7, 11) is 1.51. The van der Waals surface area contributed by atoms with E-state index in [1.54, 1.807) is 20.8 Å². The number of allylic oxidation sites excluding steroid dienone is 1. The van der Waals surface area contributed by atoms with Gasteiger partial charge < -0.3 is 9.47 Å². The van der Waals surface area contributed by atoms with E-state index in [0.29, 0.717) is 16.1 Å². The molecule has 0 spiro atoms. The summed E-state index contributed by atoms with van der Waals surface area (Å²) in [5, 5.41) is 0. The third kappa shape index (κ3) is 4.47. The van der Waals surface area contributed by atoms with Gasteiger partial charge in [0.05, 0.1) is 17.8 Å². The van der Waals surface area contributed by atoms with Crippen LogP contribution in [0.1, 0.15) is 40.0 Å². The van der Waals surface area contributed by atoms with Crippen LogP contribution in [0.25, 0.3) is 5.70 Å². The molecule has 1 aromatic rings. The highest BCUT2D eigenvalue weighted by atomic mass is 79.9. The number of hydrogen-bond acceptors (Lipinski definition) is 4. The zero-order valence-electron chi connectivity index (χ0n) is 13.9. The van der Waals surface area contributed by atoms with Crippen molar-refractivity contribution in [3.8, 4) is 5.75 Å². The van der Waals surface area contributed by atoms with E-state index < -0.39 is 11.6 Å². The van der Waals surface area contributed by atoms with E-state index in [0.717, 1.165) is 19.3 Å². The molecule has 5 nitrogen and oxygen atoms in total. The van der Waals surface area contributed by atoms with E-state index in [9.17, 15) is 9.59 Å². The number of halogens is 1. The van der Waals surface area contributed by atoms with Crippen molar-refractivity contribution in [2.24, 2.45) is 5.92 Å². The average molecular weight is 384 g/mol. The van der Waals surface area contributed by atoms with Crippen molar-refractivity contribution in [2.75, 3.05) is 7.11 Å². The fourth-order valence-electron chi connectivity index (χ4n) is 2.24. The van der Waals surface area contributed by atoms with Crippen molar-refractivity contribution in [2.45, 2.75) is 45.6 Å². The van der Waals surface area contributed by atoms with Crippen molar-refractivity contribution >= 4 is 27.6 Å². The van der Waals surface area contributed by atoms with Crippen molar-refractivity contribution < 1.29 is 14.3 Å². The Balaban J connectivity index is 2.47. The van der Waals surface area contributed by atoms with Gasteiger partial charge in [0.25, 0.3) is 5.56 Å². The Labute approximate surface area is 144 Å². The minimum atomic E-state index is -0.626. The molecule has 126 valence electrons. The van der Waals surface area contributed by atoms with Gasteiger partial charge in [-0.05, 0) is 61.5 Å². The summed E-state index contributed by atoms with van der Waals surface area (Å²) in [5.41, 5.74) is -0.687. The highest BCUT2D eigenvalue weighted by Gasteiger charge is 2.25. The lowest BCUT2D eigenvalue weighted by Gasteiger charge is -2.25. The zero-order valence-corrected chi connectivity index (χ0v) is 15.5. The van der Waals surface area contributed by atoms with E-state index in [2.05, 4.69) is 15.9 Å². The molecule has 0 aliphatic heterocycles. The van der Waals surface area contributed by atoms with E-state index in [1.165, 1.54) is 23.9 Å². The molecule has 1 aliphatic rings. The summed E-state index contributed by atoms with van der Waals surface area (Å²) >= 11 is 3.28. The topological polar surface area (TPSA) is 57.5 Å². The van der Waals surface area contributed by atoms with Gasteiger partial charge in [-0.1, -0.05) is 6.42 Å². The van der Waals surface area contributed by atoms with Crippen LogP contribution in [-0.4, -0.2) is 23.2 Å².